The van der Waals surface area contributed by atoms with Crippen LogP contribution >= 0.6 is 0 Å². The number of hydrazone groups is 1. The van der Waals surface area contributed by atoms with Gasteiger partial charge in [0.15, 0.2) is 0 Å². The van der Waals surface area contributed by atoms with Crippen molar-refractivity contribution in [2.75, 3.05) is 10.4 Å². The Kier molecular flexibility index (Phi) is 6.23. The summed E-state index contributed by atoms with van der Waals surface area (Å²) in [5, 5.41) is 22.6. The summed E-state index contributed by atoms with van der Waals surface area (Å²) < 4.78 is 0. The van der Waals surface area contributed by atoms with E-state index in [1.54, 1.807) is 31.2 Å². The first-order chi connectivity index (χ1) is 12.8. The summed E-state index contributed by atoms with van der Waals surface area (Å²) in [5.41, 5.74) is 4.88. The molecule has 1 aliphatic rings. The summed E-state index contributed by atoms with van der Waals surface area (Å²) in [4.78, 5) is 32.5. The van der Waals surface area contributed by atoms with Gasteiger partial charge in [-0.05, 0) is 55.5 Å². The van der Waals surface area contributed by atoms with Crippen LogP contribution in [0.2, 0.25) is 0 Å². The maximum absolute atomic E-state index is 11.5. The van der Waals surface area contributed by atoms with E-state index in [4.69, 9.17) is 16.1 Å². The molecule has 140 valence electrons. The monoisotopic (exact) mass is 370 g/mol. The van der Waals surface area contributed by atoms with E-state index in [1.807, 2.05) is 0 Å². The zero-order valence-corrected chi connectivity index (χ0v) is 14.4. The molecule has 0 radical (unpaired) electrons. The number of rotatable bonds is 4. The molecule has 1 amide bonds. The molecule has 9 nitrogen and oxygen atoms in total. The number of carbonyl (C=O) groups excluding carboxylic acids is 1. The van der Waals surface area contributed by atoms with Crippen LogP contribution < -0.4 is 16.3 Å². The van der Waals surface area contributed by atoms with Crippen molar-refractivity contribution in [3.8, 4) is 0 Å². The summed E-state index contributed by atoms with van der Waals surface area (Å²) in [5.74, 6) is 3.06. The van der Waals surface area contributed by atoms with Gasteiger partial charge in [0.2, 0.25) is 0 Å². The molecule has 0 saturated heterocycles. The molecular formula is C18H18N4O5. The molecule has 0 saturated carbocycles. The van der Waals surface area contributed by atoms with E-state index < -0.39 is 11.9 Å². The number of benzene rings is 2. The van der Waals surface area contributed by atoms with Gasteiger partial charge < -0.3 is 15.6 Å². The largest absolute Gasteiger partial charge is 0.478 e. The predicted molar refractivity (Wildman–Crippen MR) is 99.8 cm³/mol. The quantitative estimate of drug-likeness (QED) is 0.476. The second-order valence-electron chi connectivity index (χ2n) is 5.60. The number of hydrazine groups is 1. The fourth-order valence-electron chi connectivity index (χ4n) is 2.21. The van der Waals surface area contributed by atoms with Crippen LogP contribution in [-0.4, -0.2) is 33.8 Å². The maximum atomic E-state index is 11.5. The third-order valence-corrected chi connectivity index (χ3v) is 3.57. The highest BCUT2D eigenvalue weighted by Gasteiger charge is 2.22. The average Bonchev–Trinajstić information content (AvgIpc) is 3.00. The Bertz CT molecular complexity index is 876. The van der Waals surface area contributed by atoms with Crippen molar-refractivity contribution >= 4 is 34.9 Å². The number of anilines is 2. The molecule has 0 spiro atoms. The zero-order chi connectivity index (χ0) is 20.0. The highest BCUT2D eigenvalue weighted by atomic mass is 16.4. The standard InChI is InChI=1S/C11H10N2O3.C7H8N2O2/c1-7-6-10(14)13(12-7)9-4-2-8(3-5-9)11(15)16;8-9-6-3-1-5(2-4-6)7(10)11/h2-5H,6H2,1H3,(H,15,16);1-4,9H,8H2,(H,10,11). The molecule has 0 atom stereocenters. The molecule has 1 aliphatic heterocycles. The SMILES string of the molecule is CC1=NN(c2ccc(C(=O)O)cc2)C(=O)C1.NNc1ccc(C(=O)O)cc1. The number of nitrogens with two attached hydrogens (primary N) is 1. The minimum atomic E-state index is -0.987. The van der Waals surface area contributed by atoms with Crippen molar-refractivity contribution in [2.24, 2.45) is 10.9 Å². The van der Waals surface area contributed by atoms with E-state index in [1.165, 1.54) is 29.3 Å². The molecule has 9 heteroatoms. The Morgan fingerprint density at radius 1 is 1.00 bits per heavy atom. The molecule has 0 bridgehead atoms. The van der Waals surface area contributed by atoms with Gasteiger partial charge in [-0.25, -0.2) is 14.6 Å². The van der Waals surface area contributed by atoms with Gasteiger partial charge in [0.25, 0.3) is 5.91 Å². The minimum Gasteiger partial charge on any atom is -0.478 e. The van der Waals surface area contributed by atoms with Gasteiger partial charge >= 0.3 is 11.9 Å². The van der Waals surface area contributed by atoms with Crippen LogP contribution in [0.25, 0.3) is 0 Å². The Morgan fingerprint density at radius 3 is 1.85 bits per heavy atom. The first-order valence-electron chi connectivity index (χ1n) is 7.82. The Labute approximate surface area is 154 Å². The summed E-state index contributed by atoms with van der Waals surface area (Å²) >= 11 is 0. The number of carboxylic acids is 2. The van der Waals surface area contributed by atoms with E-state index >= 15 is 0 Å². The van der Waals surface area contributed by atoms with Crippen molar-refractivity contribution in [2.45, 2.75) is 13.3 Å². The number of amides is 1. The number of hydrogen-bond acceptors (Lipinski definition) is 6. The van der Waals surface area contributed by atoms with Gasteiger partial charge in [-0.3, -0.25) is 10.6 Å². The normalized spacial score (nSPS) is 12.7. The van der Waals surface area contributed by atoms with Crippen LogP contribution in [0.1, 0.15) is 34.1 Å². The average molecular weight is 370 g/mol. The molecule has 0 aromatic heterocycles. The number of carbonyl (C=O) groups is 3. The summed E-state index contributed by atoms with van der Waals surface area (Å²) in [6.07, 6.45) is 0.320. The van der Waals surface area contributed by atoms with Gasteiger partial charge in [-0.2, -0.15) is 5.10 Å². The topological polar surface area (TPSA) is 145 Å². The predicted octanol–water partition coefficient (Wildman–Crippen LogP) is 2.17. The molecule has 1 heterocycles. The molecule has 2 aromatic rings. The van der Waals surface area contributed by atoms with Crippen LogP contribution in [0, 0.1) is 0 Å². The second kappa shape index (κ2) is 8.59. The molecule has 0 aliphatic carbocycles. The second-order valence-corrected chi connectivity index (χ2v) is 5.60. The highest BCUT2D eigenvalue weighted by molar-refractivity contribution is 6.12. The van der Waals surface area contributed by atoms with E-state index in [0.29, 0.717) is 17.8 Å². The maximum Gasteiger partial charge on any atom is 0.335 e. The Hall–Kier alpha value is -3.72. The van der Waals surface area contributed by atoms with Crippen LogP contribution in [0.3, 0.4) is 0 Å². The summed E-state index contributed by atoms with van der Waals surface area (Å²) in [7, 11) is 0. The Balaban J connectivity index is 0.000000208. The van der Waals surface area contributed by atoms with E-state index in [9.17, 15) is 14.4 Å². The lowest BCUT2D eigenvalue weighted by molar-refractivity contribution is -0.116. The van der Waals surface area contributed by atoms with Crippen LogP contribution in [0.4, 0.5) is 11.4 Å². The van der Waals surface area contributed by atoms with Crippen molar-refractivity contribution in [3.63, 3.8) is 0 Å². The third kappa shape index (κ3) is 5.13. The third-order valence-electron chi connectivity index (χ3n) is 3.57. The van der Waals surface area contributed by atoms with Gasteiger partial charge in [0.05, 0.1) is 23.2 Å². The van der Waals surface area contributed by atoms with Gasteiger partial charge in [0.1, 0.15) is 0 Å². The lowest BCUT2D eigenvalue weighted by atomic mass is 10.2. The zero-order valence-electron chi connectivity index (χ0n) is 14.4. The molecule has 5 N–H and O–H groups in total. The number of carboxylic acid groups (broad SMARTS) is 2. The molecular weight excluding hydrogens is 352 g/mol. The number of nitrogen functional groups attached to an aromatic ring is 1. The highest BCUT2D eigenvalue weighted by Crippen LogP contribution is 2.20. The lowest BCUT2D eigenvalue weighted by Crippen LogP contribution is -2.19. The smallest absolute Gasteiger partial charge is 0.335 e. The number of nitrogens with one attached hydrogen (secondary N) is 1. The van der Waals surface area contributed by atoms with Gasteiger partial charge in [0, 0.05) is 11.4 Å². The van der Waals surface area contributed by atoms with Gasteiger partial charge in [-0.1, -0.05) is 0 Å². The van der Waals surface area contributed by atoms with E-state index in [-0.39, 0.29) is 17.0 Å². The van der Waals surface area contributed by atoms with E-state index in [0.717, 1.165) is 5.71 Å². The first kappa shape index (κ1) is 19.6. The van der Waals surface area contributed by atoms with Crippen molar-refractivity contribution in [1.82, 2.24) is 0 Å². The molecule has 0 unspecified atom stereocenters. The van der Waals surface area contributed by atoms with Crippen molar-refractivity contribution in [3.05, 3.63) is 59.7 Å². The number of hydrogen-bond donors (Lipinski definition) is 4. The molecule has 3 rings (SSSR count). The number of nitrogens with zero attached hydrogens (tertiary/aromatic N) is 2. The van der Waals surface area contributed by atoms with Gasteiger partial charge in [-0.15, -0.1) is 0 Å². The molecule has 2 aromatic carbocycles. The van der Waals surface area contributed by atoms with E-state index in [2.05, 4.69) is 10.5 Å². The lowest BCUT2D eigenvalue weighted by Gasteiger charge is -2.11. The minimum absolute atomic E-state index is 0.0967. The van der Waals surface area contributed by atoms with Crippen LogP contribution in [-0.2, 0) is 4.79 Å². The summed E-state index contributed by atoms with van der Waals surface area (Å²) in [6.45, 7) is 1.78. The van der Waals surface area contributed by atoms with Crippen molar-refractivity contribution in [1.29, 1.82) is 0 Å². The van der Waals surface area contributed by atoms with Crippen LogP contribution in [0.5, 0.6) is 0 Å². The fourth-order valence-corrected chi connectivity index (χ4v) is 2.21. The Morgan fingerprint density at radius 2 is 1.48 bits per heavy atom. The first-order valence-corrected chi connectivity index (χ1v) is 7.82. The molecule has 0 fully saturated rings. The summed E-state index contributed by atoms with van der Waals surface area (Å²) in [6, 6.07) is 12.2. The van der Waals surface area contributed by atoms with Crippen molar-refractivity contribution < 1.29 is 24.6 Å². The fraction of sp³-hybridized carbons (Fsp3) is 0.111. The molecule has 27 heavy (non-hydrogen) atoms. The van der Waals surface area contributed by atoms with Crippen LogP contribution in [0.15, 0.2) is 53.6 Å². The number of aromatic carboxylic acids is 2.